The second kappa shape index (κ2) is 8.06. The lowest BCUT2D eigenvalue weighted by atomic mass is 10.1. The number of nitrogens with zero attached hydrogens (tertiary/aromatic N) is 3. The Bertz CT molecular complexity index is 606. The molecular weight excluding hydrogens is 318 g/mol. The van der Waals surface area contributed by atoms with Crippen LogP contribution in [0.25, 0.3) is 0 Å². The van der Waals surface area contributed by atoms with E-state index in [-0.39, 0.29) is 5.91 Å². The fraction of sp³-hybridized carbons (Fsp3) is 0.632. The number of carbonyl (C=O) groups excluding carboxylic acids is 1. The summed E-state index contributed by atoms with van der Waals surface area (Å²) in [5, 5.41) is 0. The summed E-state index contributed by atoms with van der Waals surface area (Å²) < 4.78 is 11.3. The Hall–Kier alpha value is -1.79. The van der Waals surface area contributed by atoms with Gasteiger partial charge < -0.3 is 19.3 Å². The normalized spacial score (nSPS) is 21.4. The molecule has 6 heteroatoms. The summed E-state index contributed by atoms with van der Waals surface area (Å²) in [6, 6.07) is 6.42. The maximum atomic E-state index is 12.9. The molecule has 0 bridgehead atoms. The van der Waals surface area contributed by atoms with Gasteiger partial charge in [-0.25, -0.2) is 0 Å². The van der Waals surface area contributed by atoms with Crippen LogP contribution in [-0.4, -0.2) is 80.6 Å². The monoisotopic (exact) mass is 347 g/mol. The molecule has 2 aliphatic rings. The lowest BCUT2D eigenvalue weighted by Crippen LogP contribution is -2.41. The lowest BCUT2D eigenvalue weighted by molar-refractivity contribution is -0.133. The molecule has 1 aromatic rings. The van der Waals surface area contributed by atoms with Crippen molar-refractivity contribution < 1.29 is 14.3 Å². The van der Waals surface area contributed by atoms with E-state index in [1.807, 2.05) is 23.1 Å². The third-order valence-electron chi connectivity index (χ3n) is 5.15. The summed E-state index contributed by atoms with van der Waals surface area (Å²) in [6.45, 7) is 4.39. The van der Waals surface area contributed by atoms with Crippen molar-refractivity contribution in [2.24, 2.45) is 0 Å². The molecule has 0 aromatic heterocycles. The molecule has 1 saturated heterocycles. The van der Waals surface area contributed by atoms with Crippen molar-refractivity contribution in [1.29, 1.82) is 0 Å². The summed E-state index contributed by atoms with van der Waals surface area (Å²) in [4.78, 5) is 19.3. The van der Waals surface area contributed by atoms with Crippen LogP contribution in [0.5, 0.6) is 11.5 Å². The van der Waals surface area contributed by atoms with E-state index in [0.717, 1.165) is 49.5 Å². The first-order valence-electron chi connectivity index (χ1n) is 9.03. The van der Waals surface area contributed by atoms with Crippen LogP contribution in [0, 0.1) is 0 Å². The summed E-state index contributed by atoms with van der Waals surface area (Å²) in [5.41, 5.74) is 1.01. The second-order valence-corrected chi connectivity index (χ2v) is 7.11. The summed E-state index contributed by atoms with van der Waals surface area (Å²) >= 11 is 0. The fourth-order valence-corrected chi connectivity index (χ4v) is 3.61. The zero-order valence-electron chi connectivity index (χ0n) is 15.5. The van der Waals surface area contributed by atoms with Gasteiger partial charge in [0.15, 0.2) is 11.5 Å². The first-order valence-corrected chi connectivity index (χ1v) is 9.03. The minimum atomic E-state index is 0.204. The Morgan fingerprint density at radius 2 is 2.20 bits per heavy atom. The second-order valence-electron chi connectivity index (χ2n) is 7.11. The van der Waals surface area contributed by atoms with Gasteiger partial charge in [0.05, 0.1) is 20.3 Å². The van der Waals surface area contributed by atoms with E-state index in [1.165, 1.54) is 0 Å². The number of methoxy groups -OCH3 is 1. The van der Waals surface area contributed by atoms with Gasteiger partial charge >= 0.3 is 0 Å². The number of benzene rings is 1. The zero-order valence-corrected chi connectivity index (χ0v) is 15.5. The average molecular weight is 347 g/mol. The van der Waals surface area contributed by atoms with E-state index in [9.17, 15) is 4.79 Å². The highest BCUT2D eigenvalue weighted by Crippen LogP contribution is 2.33. The van der Waals surface area contributed by atoms with Gasteiger partial charge in [0.25, 0.3) is 0 Å². The highest BCUT2D eigenvalue weighted by Gasteiger charge is 2.27. The van der Waals surface area contributed by atoms with Crippen molar-refractivity contribution in [1.82, 2.24) is 14.7 Å². The van der Waals surface area contributed by atoms with Gasteiger partial charge in [-0.05, 0) is 33.0 Å². The SMILES string of the molecule is COc1cccc2c1OCCCN(C(=O)CN1CCC(N(C)C)C1)C2. The van der Waals surface area contributed by atoms with Crippen LogP contribution in [0.4, 0.5) is 0 Å². The maximum Gasteiger partial charge on any atom is 0.237 e. The number of rotatable bonds is 4. The number of likely N-dealkylation sites (N-methyl/N-ethyl adjacent to an activating group) is 1. The van der Waals surface area contributed by atoms with E-state index < -0.39 is 0 Å². The van der Waals surface area contributed by atoms with Crippen LogP contribution < -0.4 is 9.47 Å². The summed E-state index contributed by atoms with van der Waals surface area (Å²) in [5.74, 6) is 1.71. The quantitative estimate of drug-likeness (QED) is 0.825. The zero-order chi connectivity index (χ0) is 17.8. The maximum absolute atomic E-state index is 12.9. The molecule has 1 fully saturated rings. The largest absolute Gasteiger partial charge is 0.493 e. The highest BCUT2D eigenvalue weighted by molar-refractivity contribution is 5.78. The third kappa shape index (κ3) is 4.25. The number of fused-ring (bicyclic) bond motifs is 1. The third-order valence-corrected chi connectivity index (χ3v) is 5.15. The Labute approximate surface area is 150 Å². The molecule has 2 heterocycles. The number of likely N-dealkylation sites (tertiary alicyclic amines) is 1. The minimum absolute atomic E-state index is 0.204. The number of hydrogen-bond donors (Lipinski definition) is 0. The molecule has 1 aromatic carbocycles. The van der Waals surface area contributed by atoms with Crippen LogP contribution in [0.2, 0.25) is 0 Å². The smallest absolute Gasteiger partial charge is 0.237 e. The van der Waals surface area contributed by atoms with E-state index >= 15 is 0 Å². The minimum Gasteiger partial charge on any atom is -0.493 e. The van der Waals surface area contributed by atoms with Crippen LogP contribution in [0.1, 0.15) is 18.4 Å². The van der Waals surface area contributed by atoms with Crippen molar-refractivity contribution in [3.05, 3.63) is 23.8 Å². The van der Waals surface area contributed by atoms with Crippen molar-refractivity contribution in [2.75, 3.05) is 54.0 Å². The molecule has 6 nitrogen and oxygen atoms in total. The predicted molar refractivity (Wildman–Crippen MR) is 97.1 cm³/mol. The van der Waals surface area contributed by atoms with E-state index in [1.54, 1.807) is 7.11 Å². The van der Waals surface area contributed by atoms with E-state index in [2.05, 4.69) is 23.9 Å². The molecule has 0 spiro atoms. The lowest BCUT2D eigenvalue weighted by Gasteiger charge is -2.29. The van der Waals surface area contributed by atoms with Gasteiger partial charge in [0, 0.05) is 37.8 Å². The number of amides is 1. The van der Waals surface area contributed by atoms with Crippen LogP contribution in [-0.2, 0) is 11.3 Å². The molecule has 1 amide bonds. The number of ether oxygens (including phenoxy) is 2. The van der Waals surface area contributed by atoms with Crippen molar-refractivity contribution in [3.63, 3.8) is 0 Å². The molecule has 1 atom stereocenters. The molecule has 3 rings (SSSR count). The molecule has 0 radical (unpaired) electrons. The first kappa shape index (κ1) is 18.0. The van der Waals surface area contributed by atoms with Crippen molar-refractivity contribution in [3.8, 4) is 11.5 Å². The van der Waals surface area contributed by atoms with Crippen LogP contribution in [0.3, 0.4) is 0 Å². The van der Waals surface area contributed by atoms with Crippen LogP contribution in [0.15, 0.2) is 18.2 Å². The summed E-state index contributed by atoms with van der Waals surface area (Å²) in [6.07, 6.45) is 1.97. The van der Waals surface area contributed by atoms with E-state index in [0.29, 0.717) is 25.7 Å². The van der Waals surface area contributed by atoms with E-state index in [4.69, 9.17) is 9.47 Å². The Kier molecular flexibility index (Phi) is 5.81. The molecule has 0 N–H and O–H groups in total. The highest BCUT2D eigenvalue weighted by atomic mass is 16.5. The Morgan fingerprint density at radius 1 is 1.36 bits per heavy atom. The van der Waals surface area contributed by atoms with Crippen molar-refractivity contribution >= 4 is 5.91 Å². The number of carbonyl (C=O) groups is 1. The number of hydrogen-bond acceptors (Lipinski definition) is 5. The molecule has 1 unspecified atom stereocenters. The van der Waals surface area contributed by atoms with Gasteiger partial charge in [-0.1, -0.05) is 12.1 Å². The van der Waals surface area contributed by atoms with Crippen LogP contribution >= 0.6 is 0 Å². The van der Waals surface area contributed by atoms with Gasteiger partial charge in [-0.15, -0.1) is 0 Å². The number of para-hydroxylation sites is 1. The Morgan fingerprint density at radius 3 is 2.92 bits per heavy atom. The fourth-order valence-electron chi connectivity index (χ4n) is 3.61. The topological polar surface area (TPSA) is 45.3 Å². The van der Waals surface area contributed by atoms with Crippen molar-refractivity contribution in [2.45, 2.75) is 25.4 Å². The average Bonchev–Trinajstić information content (AvgIpc) is 3.03. The van der Waals surface area contributed by atoms with Gasteiger partial charge in [-0.3, -0.25) is 9.69 Å². The molecule has 0 aliphatic carbocycles. The van der Waals surface area contributed by atoms with Gasteiger partial charge in [-0.2, -0.15) is 0 Å². The van der Waals surface area contributed by atoms with Gasteiger partial charge in [0.2, 0.25) is 5.91 Å². The molecule has 0 saturated carbocycles. The molecule has 25 heavy (non-hydrogen) atoms. The first-order chi connectivity index (χ1) is 12.1. The molecular formula is C19H29N3O3. The van der Waals surface area contributed by atoms with Gasteiger partial charge in [0.1, 0.15) is 0 Å². The standard InChI is InChI=1S/C19H29N3O3/c1-20(2)16-8-10-21(13-16)14-18(23)22-9-5-11-25-19-15(12-22)6-4-7-17(19)24-3/h4,6-7,16H,5,8-14H2,1-3H3. The molecule has 2 aliphatic heterocycles. The summed E-state index contributed by atoms with van der Waals surface area (Å²) in [7, 11) is 5.87. The Balaban J connectivity index is 1.66. The predicted octanol–water partition coefficient (Wildman–Crippen LogP) is 1.44. The molecule has 138 valence electrons.